The van der Waals surface area contributed by atoms with Crippen molar-refractivity contribution in [2.24, 2.45) is 10.8 Å². The van der Waals surface area contributed by atoms with Gasteiger partial charge in [-0.15, -0.1) is 0 Å². The van der Waals surface area contributed by atoms with Crippen LogP contribution in [-0.4, -0.2) is 26.2 Å². The number of benzene rings is 1. The third-order valence-corrected chi connectivity index (χ3v) is 2.41. The minimum atomic E-state index is -0.543. The van der Waals surface area contributed by atoms with Crippen LogP contribution < -0.4 is 16.6 Å². The third-order valence-electron chi connectivity index (χ3n) is 2.12. The largest absolute Gasteiger partial charge is 0.385 e. The number of hydrazine groups is 1. The first-order valence-electron chi connectivity index (χ1n) is 5.40. The second-order valence-corrected chi connectivity index (χ2v) is 3.85. The fourth-order valence-corrected chi connectivity index (χ4v) is 1.42. The van der Waals surface area contributed by atoms with E-state index in [0.717, 1.165) is 6.42 Å². The van der Waals surface area contributed by atoms with E-state index in [1.165, 1.54) is 6.07 Å². The van der Waals surface area contributed by atoms with Gasteiger partial charge in [-0.25, -0.2) is 10.2 Å². The summed E-state index contributed by atoms with van der Waals surface area (Å²) in [4.78, 5) is 4.13. The number of guanidine groups is 1. The van der Waals surface area contributed by atoms with Crippen molar-refractivity contribution in [3.8, 4) is 0 Å². The Kier molecular flexibility index (Phi) is 6.42. The molecular formula is C11H16ClFN4O. The van der Waals surface area contributed by atoms with Gasteiger partial charge in [0.2, 0.25) is 5.96 Å². The van der Waals surface area contributed by atoms with Gasteiger partial charge in [0.05, 0.1) is 10.7 Å². The summed E-state index contributed by atoms with van der Waals surface area (Å²) in [6.07, 6.45) is 0.751. The number of hydrogen-bond donors (Lipinski definition) is 3. The highest BCUT2D eigenvalue weighted by molar-refractivity contribution is 6.31. The third kappa shape index (κ3) is 4.48. The van der Waals surface area contributed by atoms with Crippen LogP contribution in [0.15, 0.2) is 23.2 Å². The molecule has 100 valence electrons. The lowest BCUT2D eigenvalue weighted by atomic mass is 10.3. The molecule has 0 aliphatic heterocycles. The van der Waals surface area contributed by atoms with Gasteiger partial charge in [-0.1, -0.05) is 17.7 Å². The summed E-state index contributed by atoms with van der Waals surface area (Å²) in [5.74, 6) is 5.02. The van der Waals surface area contributed by atoms with E-state index >= 15 is 0 Å². The van der Waals surface area contributed by atoms with E-state index in [9.17, 15) is 4.39 Å². The fourth-order valence-electron chi connectivity index (χ4n) is 1.25. The number of aliphatic imine (C=N–C) groups is 1. The van der Waals surface area contributed by atoms with Crippen LogP contribution in [0.1, 0.15) is 6.42 Å². The minimum Gasteiger partial charge on any atom is -0.385 e. The van der Waals surface area contributed by atoms with Gasteiger partial charge in [0.25, 0.3) is 0 Å². The summed E-state index contributed by atoms with van der Waals surface area (Å²) in [7, 11) is 1.62. The fraction of sp³-hybridized carbons (Fsp3) is 0.364. The monoisotopic (exact) mass is 274 g/mol. The number of hydrogen-bond acceptors (Lipinski definition) is 3. The average Bonchev–Trinajstić information content (AvgIpc) is 2.38. The molecule has 1 rings (SSSR count). The summed E-state index contributed by atoms with van der Waals surface area (Å²) in [5, 5.41) is 2.77. The summed E-state index contributed by atoms with van der Waals surface area (Å²) in [6.45, 7) is 1.12. The Balaban J connectivity index is 2.65. The van der Waals surface area contributed by atoms with Crippen molar-refractivity contribution in [3.63, 3.8) is 0 Å². The van der Waals surface area contributed by atoms with Crippen molar-refractivity contribution in [1.82, 2.24) is 5.43 Å². The van der Waals surface area contributed by atoms with Crippen molar-refractivity contribution in [2.75, 3.05) is 25.6 Å². The summed E-state index contributed by atoms with van der Waals surface area (Å²) in [6, 6.07) is 4.64. The van der Waals surface area contributed by atoms with Crippen LogP contribution >= 0.6 is 11.6 Å². The molecule has 1 aromatic rings. The van der Waals surface area contributed by atoms with E-state index in [0.29, 0.717) is 13.2 Å². The molecule has 0 saturated heterocycles. The number of anilines is 1. The van der Waals surface area contributed by atoms with Gasteiger partial charge < -0.3 is 10.1 Å². The molecule has 0 bridgehead atoms. The van der Waals surface area contributed by atoms with Crippen LogP contribution in [-0.2, 0) is 4.74 Å². The Hall–Kier alpha value is -1.37. The molecule has 0 aromatic heterocycles. The number of nitrogens with two attached hydrogens (primary N) is 1. The molecule has 0 fully saturated rings. The summed E-state index contributed by atoms with van der Waals surface area (Å²) in [5.41, 5.74) is 2.58. The Labute approximate surface area is 110 Å². The first-order valence-corrected chi connectivity index (χ1v) is 5.78. The molecule has 0 aliphatic rings. The van der Waals surface area contributed by atoms with Crippen molar-refractivity contribution < 1.29 is 9.13 Å². The second kappa shape index (κ2) is 7.86. The van der Waals surface area contributed by atoms with E-state index in [1.807, 2.05) is 0 Å². The number of methoxy groups -OCH3 is 1. The zero-order valence-corrected chi connectivity index (χ0v) is 10.8. The van der Waals surface area contributed by atoms with Gasteiger partial charge in [0.15, 0.2) is 5.82 Å². The van der Waals surface area contributed by atoms with E-state index in [2.05, 4.69) is 15.7 Å². The maximum Gasteiger partial charge on any atom is 0.210 e. The lowest BCUT2D eigenvalue weighted by molar-refractivity contribution is 0.197. The van der Waals surface area contributed by atoms with E-state index < -0.39 is 5.82 Å². The van der Waals surface area contributed by atoms with Gasteiger partial charge in [-0.05, 0) is 18.6 Å². The number of nitrogens with one attached hydrogen (secondary N) is 2. The number of halogens is 2. The van der Waals surface area contributed by atoms with Crippen LogP contribution in [0, 0.1) is 5.82 Å². The first kappa shape index (κ1) is 14.7. The Bertz CT molecular complexity index is 414. The molecule has 0 heterocycles. The molecule has 18 heavy (non-hydrogen) atoms. The average molecular weight is 275 g/mol. The summed E-state index contributed by atoms with van der Waals surface area (Å²) >= 11 is 5.66. The predicted molar refractivity (Wildman–Crippen MR) is 71.2 cm³/mol. The first-order chi connectivity index (χ1) is 8.69. The lowest BCUT2D eigenvalue weighted by Gasteiger charge is -2.10. The molecule has 0 spiro atoms. The molecule has 0 aliphatic carbocycles. The van der Waals surface area contributed by atoms with Crippen LogP contribution in [0.5, 0.6) is 0 Å². The van der Waals surface area contributed by atoms with Crippen molar-refractivity contribution in [2.45, 2.75) is 6.42 Å². The van der Waals surface area contributed by atoms with Crippen LogP contribution in [0.3, 0.4) is 0 Å². The van der Waals surface area contributed by atoms with Crippen molar-refractivity contribution in [1.29, 1.82) is 0 Å². The van der Waals surface area contributed by atoms with Gasteiger partial charge in [0.1, 0.15) is 0 Å². The normalized spacial score (nSPS) is 11.4. The highest BCUT2D eigenvalue weighted by Gasteiger charge is 2.07. The van der Waals surface area contributed by atoms with Crippen molar-refractivity contribution >= 4 is 23.2 Å². The molecular weight excluding hydrogens is 259 g/mol. The Morgan fingerprint density at radius 3 is 3.00 bits per heavy atom. The molecule has 4 N–H and O–H groups in total. The topological polar surface area (TPSA) is 71.7 Å². The highest BCUT2D eigenvalue weighted by atomic mass is 35.5. The van der Waals surface area contributed by atoms with Crippen LogP contribution in [0.2, 0.25) is 5.02 Å². The quantitative estimate of drug-likeness (QED) is 0.251. The van der Waals surface area contributed by atoms with Gasteiger partial charge in [-0.3, -0.25) is 10.4 Å². The SMILES string of the molecule is COCCCN=C(NN)Nc1cccc(Cl)c1F. The Morgan fingerprint density at radius 1 is 1.56 bits per heavy atom. The molecule has 1 aromatic carbocycles. The molecule has 0 atom stereocenters. The molecule has 0 amide bonds. The van der Waals surface area contributed by atoms with E-state index in [-0.39, 0.29) is 16.7 Å². The lowest BCUT2D eigenvalue weighted by Crippen LogP contribution is -2.36. The molecule has 7 heteroatoms. The number of ether oxygens (including phenoxy) is 1. The Morgan fingerprint density at radius 2 is 2.33 bits per heavy atom. The predicted octanol–water partition coefficient (Wildman–Crippen LogP) is 1.75. The minimum absolute atomic E-state index is 0.0377. The van der Waals surface area contributed by atoms with Crippen LogP contribution in [0.25, 0.3) is 0 Å². The molecule has 5 nitrogen and oxygen atoms in total. The maximum atomic E-state index is 13.6. The number of rotatable bonds is 5. The smallest absolute Gasteiger partial charge is 0.210 e. The van der Waals surface area contributed by atoms with Gasteiger partial charge in [-0.2, -0.15) is 0 Å². The number of nitrogens with zero attached hydrogens (tertiary/aromatic N) is 1. The van der Waals surface area contributed by atoms with Gasteiger partial charge >= 0.3 is 0 Å². The molecule has 0 radical (unpaired) electrons. The zero-order chi connectivity index (χ0) is 13.4. The standard InChI is InChI=1S/C11H16ClFN4O/c1-18-7-3-6-15-11(17-14)16-9-5-2-4-8(12)10(9)13/h2,4-5H,3,6-7,14H2,1H3,(H2,15,16,17). The maximum absolute atomic E-state index is 13.6. The highest BCUT2D eigenvalue weighted by Crippen LogP contribution is 2.21. The van der Waals surface area contributed by atoms with Gasteiger partial charge in [0, 0.05) is 20.3 Å². The van der Waals surface area contributed by atoms with E-state index in [4.69, 9.17) is 22.2 Å². The zero-order valence-electron chi connectivity index (χ0n) is 10.0. The molecule has 0 unspecified atom stereocenters. The van der Waals surface area contributed by atoms with Crippen LogP contribution in [0.4, 0.5) is 10.1 Å². The van der Waals surface area contributed by atoms with E-state index in [1.54, 1.807) is 19.2 Å². The van der Waals surface area contributed by atoms with Crippen molar-refractivity contribution in [3.05, 3.63) is 29.0 Å². The second-order valence-electron chi connectivity index (χ2n) is 3.45. The summed E-state index contributed by atoms with van der Waals surface area (Å²) < 4.78 is 18.5. The molecule has 0 saturated carbocycles.